The van der Waals surface area contributed by atoms with E-state index in [0.717, 1.165) is 34.2 Å². The Bertz CT molecular complexity index is 769. The second-order valence-corrected chi connectivity index (χ2v) is 5.28. The minimum absolute atomic E-state index is 0.0119. The van der Waals surface area contributed by atoms with Crippen molar-refractivity contribution >= 4 is 12.2 Å². The molecule has 20 heavy (non-hydrogen) atoms. The number of benzene rings is 2. The lowest BCUT2D eigenvalue weighted by molar-refractivity contribution is 0.622. The lowest BCUT2D eigenvalue weighted by atomic mass is 9.88. The Kier molecular flexibility index (Phi) is 2.40. The van der Waals surface area contributed by atoms with E-state index < -0.39 is 0 Å². The van der Waals surface area contributed by atoms with Gasteiger partial charge in [-0.15, -0.1) is 0 Å². The molecule has 4 rings (SSSR count). The van der Waals surface area contributed by atoms with Gasteiger partial charge in [0.25, 0.3) is 0 Å². The first kappa shape index (κ1) is 11.6. The number of rotatable bonds is 1. The SMILES string of the molecule is Fc1ccc2c(c1)C=CC2c1cc(F)cc2c1C=CC2. The van der Waals surface area contributed by atoms with Crippen LogP contribution in [0.4, 0.5) is 8.78 Å². The lowest BCUT2D eigenvalue weighted by Gasteiger charge is -2.16. The quantitative estimate of drug-likeness (QED) is 0.702. The molecule has 0 aromatic heterocycles. The van der Waals surface area contributed by atoms with Crippen molar-refractivity contribution in [3.05, 3.63) is 81.9 Å². The molecule has 2 aromatic carbocycles. The van der Waals surface area contributed by atoms with Crippen LogP contribution >= 0.6 is 0 Å². The average Bonchev–Trinajstić information content (AvgIpc) is 3.03. The van der Waals surface area contributed by atoms with Crippen LogP contribution in [0.2, 0.25) is 0 Å². The van der Waals surface area contributed by atoms with Crippen molar-refractivity contribution in [1.29, 1.82) is 0 Å². The van der Waals surface area contributed by atoms with E-state index in [0.29, 0.717) is 0 Å². The normalized spacial score (nSPS) is 18.4. The summed E-state index contributed by atoms with van der Waals surface area (Å²) in [7, 11) is 0. The Morgan fingerprint density at radius 2 is 1.80 bits per heavy atom. The average molecular weight is 266 g/mol. The third-order valence-corrected chi connectivity index (χ3v) is 4.07. The van der Waals surface area contributed by atoms with Crippen molar-refractivity contribution in [2.75, 3.05) is 0 Å². The summed E-state index contributed by atoms with van der Waals surface area (Å²) in [4.78, 5) is 0. The molecular weight excluding hydrogens is 254 g/mol. The van der Waals surface area contributed by atoms with Gasteiger partial charge in [0.15, 0.2) is 0 Å². The molecule has 0 aliphatic heterocycles. The number of fused-ring (bicyclic) bond motifs is 2. The highest BCUT2D eigenvalue weighted by Crippen LogP contribution is 2.39. The summed E-state index contributed by atoms with van der Waals surface area (Å²) >= 11 is 0. The van der Waals surface area contributed by atoms with Gasteiger partial charge in [0.2, 0.25) is 0 Å². The molecule has 2 heteroatoms. The van der Waals surface area contributed by atoms with Crippen LogP contribution < -0.4 is 0 Å². The predicted octanol–water partition coefficient (Wildman–Crippen LogP) is 4.69. The molecule has 0 radical (unpaired) electrons. The van der Waals surface area contributed by atoms with E-state index in [4.69, 9.17) is 0 Å². The van der Waals surface area contributed by atoms with Crippen LogP contribution in [0.25, 0.3) is 12.2 Å². The van der Waals surface area contributed by atoms with E-state index in [1.807, 2.05) is 12.2 Å². The van der Waals surface area contributed by atoms with Gasteiger partial charge >= 0.3 is 0 Å². The molecule has 98 valence electrons. The van der Waals surface area contributed by atoms with Crippen LogP contribution in [-0.4, -0.2) is 0 Å². The fraction of sp³-hybridized carbons (Fsp3) is 0.111. The minimum atomic E-state index is -0.238. The zero-order valence-electron chi connectivity index (χ0n) is 10.7. The van der Waals surface area contributed by atoms with E-state index in [9.17, 15) is 8.78 Å². The Labute approximate surface area is 116 Å². The van der Waals surface area contributed by atoms with Crippen LogP contribution in [0.1, 0.15) is 33.7 Å². The van der Waals surface area contributed by atoms with Crippen LogP contribution in [-0.2, 0) is 6.42 Å². The van der Waals surface area contributed by atoms with Gasteiger partial charge in [-0.2, -0.15) is 0 Å². The monoisotopic (exact) mass is 266 g/mol. The van der Waals surface area contributed by atoms with Gasteiger partial charge < -0.3 is 0 Å². The first-order chi connectivity index (χ1) is 9.72. The lowest BCUT2D eigenvalue weighted by Crippen LogP contribution is -2.01. The Balaban J connectivity index is 1.89. The fourth-order valence-electron chi connectivity index (χ4n) is 3.18. The van der Waals surface area contributed by atoms with Gasteiger partial charge in [0.1, 0.15) is 11.6 Å². The molecule has 0 bridgehead atoms. The molecule has 0 saturated carbocycles. The van der Waals surface area contributed by atoms with Crippen LogP contribution in [0, 0.1) is 11.6 Å². The minimum Gasteiger partial charge on any atom is -0.207 e. The summed E-state index contributed by atoms with van der Waals surface area (Å²) in [6, 6.07) is 7.99. The smallest absolute Gasteiger partial charge is 0.123 e. The van der Waals surface area contributed by atoms with E-state index in [1.165, 1.54) is 12.1 Å². The number of hydrogen-bond acceptors (Lipinski definition) is 0. The summed E-state index contributed by atoms with van der Waals surface area (Å²) in [5.74, 6) is -0.428. The molecule has 0 N–H and O–H groups in total. The molecule has 0 spiro atoms. The number of allylic oxidation sites excluding steroid dienone is 2. The maximum atomic E-state index is 13.8. The Morgan fingerprint density at radius 3 is 2.70 bits per heavy atom. The molecule has 0 amide bonds. The fourth-order valence-corrected chi connectivity index (χ4v) is 3.18. The Morgan fingerprint density at radius 1 is 0.900 bits per heavy atom. The molecule has 0 nitrogen and oxygen atoms in total. The Hall–Kier alpha value is -2.22. The van der Waals surface area contributed by atoms with E-state index in [2.05, 4.69) is 12.2 Å². The van der Waals surface area contributed by atoms with Gasteiger partial charge in [0, 0.05) is 5.92 Å². The predicted molar refractivity (Wildman–Crippen MR) is 76.4 cm³/mol. The summed E-state index contributed by atoms with van der Waals surface area (Å²) in [5.41, 5.74) is 5.03. The highest BCUT2D eigenvalue weighted by molar-refractivity contribution is 5.71. The number of halogens is 2. The zero-order chi connectivity index (χ0) is 13.7. The van der Waals surface area contributed by atoms with Crippen molar-refractivity contribution in [3.63, 3.8) is 0 Å². The van der Waals surface area contributed by atoms with Gasteiger partial charge in [-0.25, -0.2) is 8.78 Å². The van der Waals surface area contributed by atoms with Gasteiger partial charge in [-0.3, -0.25) is 0 Å². The molecule has 2 aliphatic rings. The van der Waals surface area contributed by atoms with E-state index in [1.54, 1.807) is 18.2 Å². The first-order valence-corrected chi connectivity index (χ1v) is 6.69. The highest BCUT2D eigenvalue weighted by atomic mass is 19.1. The zero-order valence-corrected chi connectivity index (χ0v) is 10.7. The van der Waals surface area contributed by atoms with Crippen molar-refractivity contribution in [2.45, 2.75) is 12.3 Å². The summed E-state index contributed by atoms with van der Waals surface area (Å²) in [6.07, 6.45) is 8.83. The van der Waals surface area contributed by atoms with Crippen molar-refractivity contribution in [2.24, 2.45) is 0 Å². The van der Waals surface area contributed by atoms with Crippen molar-refractivity contribution in [3.8, 4) is 0 Å². The van der Waals surface area contributed by atoms with Gasteiger partial charge in [0.05, 0.1) is 0 Å². The largest absolute Gasteiger partial charge is 0.207 e. The van der Waals surface area contributed by atoms with Gasteiger partial charge in [-0.05, 0) is 58.5 Å². The molecule has 2 aliphatic carbocycles. The molecule has 0 saturated heterocycles. The maximum Gasteiger partial charge on any atom is 0.123 e. The van der Waals surface area contributed by atoms with Crippen LogP contribution in [0.15, 0.2) is 42.5 Å². The summed E-state index contributed by atoms with van der Waals surface area (Å²) < 4.78 is 27.1. The molecular formula is C18H12F2. The molecule has 1 unspecified atom stereocenters. The standard InChI is InChI=1S/C18H12F2/c19-13-5-7-16-12(8-13)4-6-17(16)18-10-14(20)9-11-2-1-3-15(11)18/h1,3-10,17H,2H2. The summed E-state index contributed by atoms with van der Waals surface area (Å²) in [5, 5.41) is 0. The van der Waals surface area contributed by atoms with Crippen LogP contribution in [0.5, 0.6) is 0 Å². The van der Waals surface area contributed by atoms with Gasteiger partial charge in [-0.1, -0.05) is 30.4 Å². The maximum absolute atomic E-state index is 13.8. The first-order valence-electron chi connectivity index (χ1n) is 6.69. The molecule has 2 aromatic rings. The molecule has 0 fully saturated rings. The van der Waals surface area contributed by atoms with Crippen molar-refractivity contribution < 1.29 is 8.78 Å². The van der Waals surface area contributed by atoms with E-state index >= 15 is 0 Å². The molecule has 0 heterocycles. The van der Waals surface area contributed by atoms with E-state index in [-0.39, 0.29) is 17.6 Å². The number of hydrogen-bond donors (Lipinski definition) is 0. The highest BCUT2D eigenvalue weighted by Gasteiger charge is 2.24. The third-order valence-electron chi connectivity index (χ3n) is 4.07. The summed E-state index contributed by atoms with van der Waals surface area (Å²) in [6.45, 7) is 0. The second kappa shape index (κ2) is 4.14. The van der Waals surface area contributed by atoms with Crippen LogP contribution in [0.3, 0.4) is 0 Å². The third kappa shape index (κ3) is 1.64. The molecule has 1 atom stereocenters. The topological polar surface area (TPSA) is 0 Å². The second-order valence-electron chi connectivity index (χ2n) is 5.28. The van der Waals surface area contributed by atoms with Crippen molar-refractivity contribution in [1.82, 2.24) is 0 Å².